The van der Waals surface area contributed by atoms with Gasteiger partial charge in [0.2, 0.25) is 0 Å². The van der Waals surface area contributed by atoms with Gasteiger partial charge >= 0.3 is 0 Å². The topological polar surface area (TPSA) is 62.5 Å². The van der Waals surface area contributed by atoms with Gasteiger partial charge in [-0.05, 0) is 45.5 Å². The third kappa shape index (κ3) is 5.27. The van der Waals surface area contributed by atoms with E-state index in [4.69, 9.17) is 15.0 Å². The molecule has 48 heavy (non-hydrogen) atoms. The van der Waals surface area contributed by atoms with Gasteiger partial charge in [-0.15, -0.1) is 0 Å². The molecule has 0 amide bonds. The van der Waals surface area contributed by atoms with Crippen LogP contribution in [-0.2, 0) is 5.41 Å². The first-order valence-electron chi connectivity index (χ1n) is 15.9. The number of benzene rings is 6. The second kappa shape index (κ2) is 12.1. The summed E-state index contributed by atoms with van der Waals surface area (Å²) < 4.78 is 0. The molecule has 0 radical (unpaired) electrons. The summed E-state index contributed by atoms with van der Waals surface area (Å²) in [5.41, 5.74) is 9.69. The average molecular weight is 635 g/mol. The van der Waals surface area contributed by atoms with Gasteiger partial charge < -0.3 is 0 Å². The van der Waals surface area contributed by atoms with Gasteiger partial charge in [-0.3, -0.25) is 0 Å². The molecule has 0 saturated carbocycles. The lowest BCUT2D eigenvalue weighted by atomic mass is 9.74. The molecular weight excluding hydrogens is 605 g/mol. The van der Waals surface area contributed by atoms with Gasteiger partial charge in [0.1, 0.15) is 6.07 Å². The molecule has 0 bridgehead atoms. The van der Waals surface area contributed by atoms with Gasteiger partial charge in [-0.1, -0.05) is 159 Å². The molecule has 1 aliphatic rings. The molecule has 2 heterocycles. The van der Waals surface area contributed by atoms with Gasteiger partial charge in [0.25, 0.3) is 0 Å². The van der Waals surface area contributed by atoms with Crippen LogP contribution in [0.2, 0.25) is 0 Å². The van der Waals surface area contributed by atoms with Crippen molar-refractivity contribution in [3.63, 3.8) is 0 Å². The Balaban J connectivity index is 1.18. The van der Waals surface area contributed by atoms with Gasteiger partial charge in [-0.2, -0.15) is 5.26 Å². The summed E-state index contributed by atoms with van der Waals surface area (Å²) in [4.78, 5) is 17.2. The quantitative estimate of drug-likeness (QED) is 0.188. The van der Waals surface area contributed by atoms with Crippen molar-refractivity contribution in [1.82, 2.24) is 15.0 Å². The lowest BCUT2D eigenvalue weighted by Gasteiger charge is -2.35. The molecule has 0 fully saturated rings. The van der Waals surface area contributed by atoms with E-state index < -0.39 is 0 Å². The SMILES string of the molecule is CC1(C)c2ccccc2Sc2ccc(-c3ccc(-c4nc(-c5ccccc5)nc(-c5ccc(-c6ccccc6)cc5)n4)cc3)c(C#N)c21. The van der Waals surface area contributed by atoms with E-state index in [-0.39, 0.29) is 5.41 Å². The fraction of sp³-hybridized carbons (Fsp3) is 0.0698. The summed E-state index contributed by atoms with van der Waals surface area (Å²) >= 11 is 1.74. The minimum absolute atomic E-state index is 0.299. The minimum atomic E-state index is -0.299. The Bertz CT molecular complexity index is 2320. The normalized spacial score (nSPS) is 12.9. The van der Waals surface area contributed by atoms with E-state index in [0.717, 1.165) is 55.0 Å². The van der Waals surface area contributed by atoms with E-state index in [9.17, 15) is 5.26 Å². The van der Waals surface area contributed by atoms with Crippen molar-refractivity contribution in [3.05, 3.63) is 162 Å². The molecule has 1 aromatic heterocycles. The Morgan fingerprint density at radius 2 is 0.938 bits per heavy atom. The third-order valence-corrected chi connectivity index (χ3v) is 10.2. The van der Waals surface area contributed by atoms with Crippen molar-refractivity contribution >= 4 is 11.8 Å². The maximum Gasteiger partial charge on any atom is 0.164 e. The summed E-state index contributed by atoms with van der Waals surface area (Å²) in [6.07, 6.45) is 0. The van der Waals surface area contributed by atoms with E-state index in [1.807, 2.05) is 60.7 Å². The number of aromatic nitrogens is 3. The molecule has 228 valence electrons. The van der Waals surface area contributed by atoms with Crippen LogP contribution in [0.5, 0.6) is 0 Å². The van der Waals surface area contributed by atoms with Crippen molar-refractivity contribution < 1.29 is 0 Å². The number of nitriles is 1. The highest BCUT2D eigenvalue weighted by atomic mass is 32.2. The van der Waals surface area contributed by atoms with Crippen LogP contribution in [-0.4, -0.2) is 15.0 Å². The van der Waals surface area contributed by atoms with Gasteiger partial charge in [-0.25, -0.2) is 15.0 Å². The fourth-order valence-corrected chi connectivity index (χ4v) is 7.97. The summed E-state index contributed by atoms with van der Waals surface area (Å²) in [7, 11) is 0. The van der Waals surface area contributed by atoms with Gasteiger partial charge in [0.05, 0.1) is 5.56 Å². The zero-order valence-electron chi connectivity index (χ0n) is 26.6. The second-order valence-electron chi connectivity index (χ2n) is 12.4. The molecule has 4 nitrogen and oxygen atoms in total. The zero-order valence-corrected chi connectivity index (χ0v) is 27.4. The largest absolute Gasteiger partial charge is 0.208 e. The summed E-state index contributed by atoms with van der Waals surface area (Å²) in [6, 6.07) is 52.2. The van der Waals surface area contributed by atoms with Crippen LogP contribution in [0.15, 0.2) is 155 Å². The Morgan fingerprint density at radius 1 is 0.479 bits per heavy atom. The first-order chi connectivity index (χ1) is 23.5. The van der Waals surface area contributed by atoms with E-state index in [0.29, 0.717) is 17.5 Å². The highest BCUT2D eigenvalue weighted by molar-refractivity contribution is 7.99. The maximum atomic E-state index is 10.5. The highest BCUT2D eigenvalue weighted by Gasteiger charge is 2.36. The average Bonchev–Trinajstić information content (AvgIpc) is 3.15. The monoisotopic (exact) mass is 634 g/mol. The first kappa shape index (κ1) is 29.6. The van der Waals surface area contributed by atoms with E-state index >= 15 is 0 Å². The fourth-order valence-electron chi connectivity index (χ4n) is 6.56. The summed E-state index contributed by atoms with van der Waals surface area (Å²) in [5, 5.41) is 10.5. The van der Waals surface area contributed by atoms with Gasteiger partial charge in [0.15, 0.2) is 17.5 Å². The van der Waals surface area contributed by atoms with E-state index in [1.54, 1.807) is 11.8 Å². The first-order valence-corrected chi connectivity index (χ1v) is 16.7. The van der Waals surface area contributed by atoms with Crippen molar-refractivity contribution in [2.24, 2.45) is 0 Å². The number of hydrogen-bond donors (Lipinski definition) is 0. The molecule has 0 aliphatic carbocycles. The molecule has 0 atom stereocenters. The number of fused-ring (bicyclic) bond motifs is 2. The van der Waals surface area contributed by atoms with Crippen LogP contribution >= 0.6 is 11.8 Å². The Hall–Kier alpha value is -5.83. The van der Waals surface area contributed by atoms with Gasteiger partial charge in [0, 0.05) is 31.9 Å². The molecule has 0 spiro atoms. The number of rotatable bonds is 5. The number of hydrogen-bond acceptors (Lipinski definition) is 5. The van der Waals surface area contributed by atoms with Crippen molar-refractivity contribution in [3.8, 4) is 62.5 Å². The molecule has 0 saturated heterocycles. The van der Waals surface area contributed by atoms with Crippen LogP contribution in [0.3, 0.4) is 0 Å². The number of nitrogens with zero attached hydrogens (tertiary/aromatic N) is 4. The molecule has 6 aromatic carbocycles. The van der Waals surface area contributed by atoms with Crippen LogP contribution in [0.25, 0.3) is 56.4 Å². The van der Waals surface area contributed by atoms with E-state index in [2.05, 4.69) is 105 Å². The van der Waals surface area contributed by atoms with Crippen molar-refractivity contribution in [1.29, 1.82) is 5.26 Å². The lowest BCUT2D eigenvalue weighted by molar-refractivity contribution is 0.605. The van der Waals surface area contributed by atoms with Crippen molar-refractivity contribution in [2.45, 2.75) is 29.1 Å². The Morgan fingerprint density at radius 3 is 1.52 bits per heavy atom. The zero-order chi connectivity index (χ0) is 32.7. The molecule has 0 N–H and O–H groups in total. The standard InChI is InChI=1S/C43H30N4S/c1-43(2)36-15-9-10-16-37(36)48-38-26-25-34(35(27-44)39(38)43)30-19-23-33(24-20-30)42-46-40(31-13-7-4-8-14-31)45-41(47-42)32-21-17-29(18-22-32)28-11-5-3-6-12-28/h3-26H,1-2H3. The van der Waals surface area contributed by atoms with E-state index in [1.165, 1.54) is 10.5 Å². The lowest BCUT2D eigenvalue weighted by Crippen LogP contribution is -2.25. The molecular formula is C43H30N4S. The summed E-state index contributed by atoms with van der Waals surface area (Å²) in [6.45, 7) is 4.44. The Kier molecular flexibility index (Phi) is 7.44. The minimum Gasteiger partial charge on any atom is -0.208 e. The van der Waals surface area contributed by atoms with Crippen LogP contribution < -0.4 is 0 Å². The third-order valence-electron chi connectivity index (χ3n) is 9.06. The maximum absolute atomic E-state index is 10.5. The summed E-state index contributed by atoms with van der Waals surface area (Å²) in [5.74, 6) is 1.83. The van der Waals surface area contributed by atoms with Crippen molar-refractivity contribution in [2.75, 3.05) is 0 Å². The second-order valence-corrected chi connectivity index (χ2v) is 13.5. The molecule has 1 aliphatic heterocycles. The van der Waals surface area contributed by atoms with Crippen LogP contribution in [0.4, 0.5) is 0 Å². The molecule has 5 heteroatoms. The van der Waals surface area contributed by atoms with Crippen LogP contribution in [0.1, 0.15) is 30.5 Å². The molecule has 7 aromatic rings. The Labute approximate surface area is 284 Å². The molecule has 0 unspecified atom stereocenters. The van der Waals surface area contributed by atoms with Crippen LogP contribution in [0, 0.1) is 11.3 Å². The molecule has 8 rings (SSSR count). The predicted octanol–water partition coefficient (Wildman–Crippen LogP) is 10.9. The predicted molar refractivity (Wildman–Crippen MR) is 194 cm³/mol. The smallest absolute Gasteiger partial charge is 0.164 e. The highest BCUT2D eigenvalue weighted by Crippen LogP contribution is 2.51.